The van der Waals surface area contributed by atoms with E-state index in [0.717, 1.165) is 30.6 Å². The summed E-state index contributed by atoms with van der Waals surface area (Å²) in [7, 11) is 0. The van der Waals surface area contributed by atoms with E-state index in [2.05, 4.69) is 54.5 Å². The van der Waals surface area contributed by atoms with Gasteiger partial charge in [-0.25, -0.2) is 0 Å². The van der Waals surface area contributed by atoms with Gasteiger partial charge in [-0.05, 0) is 62.3 Å². The highest BCUT2D eigenvalue weighted by atomic mass is 32.2. The van der Waals surface area contributed by atoms with Crippen LogP contribution < -0.4 is 5.73 Å². The Morgan fingerprint density at radius 2 is 1.92 bits per heavy atom. The minimum atomic E-state index is -0.498. The summed E-state index contributed by atoms with van der Waals surface area (Å²) in [4.78, 5) is 3.67. The van der Waals surface area contributed by atoms with Crippen LogP contribution in [0.5, 0.6) is 0 Å². The molecule has 2 rings (SSSR count). The van der Waals surface area contributed by atoms with Gasteiger partial charge in [-0.2, -0.15) is 0 Å². The summed E-state index contributed by atoms with van der Waals surface area (Å²) in [6.07, 6.45) is 5.62. The second-order valence-electron chi connectivity index (χ2n) is 6.23. The van der Waals surface area contributed by atoms with Crippen LogP contribution in [-0.2, 0) is 12.8 Å². The largest absolute Gasteiger partial charge is 0.394 e. The molecule has 1 atom stereocenters. The van der Waals surface area contributed by atoms with Crippen LogP contribution in [0.4, 0.5) is 0 Å². The van der Waals surface area contributed by atoms with Gasteiger partial charge < -0.3 is 10.8 Å². The maximum atomic E-state index is 9.20. The molecule has 0 fully saturated rings. The molecule has 0 amide bonds. The van der Waals surface area contributed by atoms with Crippen LogP contribution in [0.15, 0.2) is 41.3 Å². The smallest absolute Gasteiger partial charge is 0.0771 e. The molecule has 1 aromatic carbocycles. The molecule has 0 saturated heterocycles. The van der Waals surface area contributed by atoms with E-state index in [4.69, 9.17) is 5.73 Å². The number of hydrogen-bond acceptors (Lipinski definition) is 4. The molecule has 2 nitrogen and oxygen atoms in total. The van der Waals surface area contributed by atoms with E-state index in [-0.39, 0.29) is 6.61 Å². The molecule has 24 heavy (non-hydrogen) atoms. The van der Waals surface area contributed by atoms with Crippen LogP contribution in [-0.4, -0.2) is 23.5 Å². The number of aryl methyl sites for hydroxylation is 2. The molecule has 0 aliphatic rings. The van der Waals surface area contributed by atoms with Gasteiger partial charge in [0.2, 0.25) is 0 Å². The highest BCUT2D eigenvalue weighted by molar-refractivity contribution is 7.98. The Kier molecular flexibility index (Phi) is 7.39. The first-order valence-electron chi connectivity index (χ1n) is 8.13. The zero-order valence-electron chi connectivity index (χ0n) is 14.3. The maximum absolute atomic E-state index is 9.20. The number of thioether (sulfide) groups is 1. The van der Waals surface area contributed by atoms with E-state index in [1.807, 2.05) is 6.92 Å². The normalized spacial score (nSPS) is 13.2. The maximum Gasteiger partial charge on any atom is 0.0771 e. The Hall–Kier alpha value is -1.25. The molecule has 0 aliphatic carbocycles. The van der Waals surface area contributed by atoms with Crippen molar-refractivity contribution in [2.45, 2.75) is 43.0 Å². The molecule has 0 radical (unpaired) electrons. The van der Waals surface area contributed by atoms with E-state index in [9.17, 15) is 5.11 Å². The lowest BCUT2D eigenvalue weighted by atomic mass is 9.98. The average molecular weight is 360 g/mol. The third-order valence-electron chi connectivity index (χ3n) is 3.87. The lowest BCUT2D eigenvalue weighted by Crippen LogP contribution is -2.40. The molecule has 4 heteroatoms. The number of thiophene rings is 1. The Labute approximate surface area is 153 Å². The van der Waals surface area contributed by atoms with Gasteiger partial charge in [0.1, 0.15) is 0 Å². The van der Waals surface area contributed by atoms with Gasteiger partial charge in [-0.1, -0.05) is 24.0 Å². The Balaban J connectivity index is 1.81. The van der Waals surface area contributed by atoms with E-state index in [1.165, 1.54) is 15.3 Å². The SMILES string of the molecule is CSc1ccc(CCC#Cc2ccc(CCC(C)(N)CO)s2)cc1. The highest BCUT2D eigenvalue weighted by Crippen LogP contribution is 2.20. The van der Waals surface area contributed by atoms with Gasteiger partial charge in [0.25, 0.3) is 0 Å². The number of hydrogen-bond donors (Lipinski definition) is 2. The van der Waals surface area contributed by atoms with Gasteiger partial charge in [0.05, 0.1) is 11.5 Å². The van der Waals surface area contributed by atoms with Crippen LogP contribution in [0, 0.1) is 11.8 Å². The van der Waals surface area contributed by atoms with E-state index < -0.39 is 5.54 Å². The minimum absolute atomic E-state index is 0.0168. The molecule has 0 saturated carbocycles. The van der Waals surface area contributed by atoms with Crippen LogP contribution in [0.2, 0.25) is 0 Å². The van der Waals surface area contributed by atoms with Crippen LogP contribution in [0.3, 0.4) is 0 Å². The van der Waals surface area contributed by atoms with Crippen molar-refractivity contribution in [2.75, 3.05) is 12.9 Å². The minimum Gasteiger partial charge on any atom is -0.394 e. The zero-order valence-corrected chi connectivity index (χ0v) is 16.0. The van der Waals surface area contributed by atoms with Crippen LogP contribution in [0.1, 0.15) is 35.1 Å². The summed E-state index contributed by atoms with van der Waals surface area (Å²) in [6.45, 7) is 1.90. The fourth-order valence-corrected chi connectivity index (χ4v) is 3.51. The Bertz CT molecular complexity index is 692. The number of benzene rings is 1. The molecule has 1 aromatic heterocycles. The molecule has 0 spiro atoms. The quantitative estimate of drug-likeness (QED) is 0.578. The summed E-state index contributed by atoms with van der Waals surface area (Å²) in [5, 5.41) is 9.20. The number of nitrogens with two attached hydrogens (primary N) is 1. The highest BCUT2D eigenvalue weighted by Gasteiger charge is 2.16. The number of aliphatic hydroxyl groups excluding tert-OH is 1. The molecular formula is C20H25NOS2. The molecule has 0 bridgehead atoms. The number of aliphatic hydroxyl groups is 1. The average Bonchev–Trinajstić information content (AvgIpc) is 3.05. The molecule has 3 N–H and O–H groups in total. The monoisotopic (exact) mass is 359 g/mol. The lowest BCUT2D eigenvalue weighted by molar-refractivity contribution is 0.201. The molecular weight excluding hydrogens is 334 g/mol. The second-order valence-corrected chi connectivity index (χ2v) is 8.28. The van der Waals surface area contributed by atoms with Crippen LogP contribution >= 0.6 is 23.1 Å². The first-order valence-corrected chi connectivity index (χ1v) is 10.2. The predicted octanol–water partition coefficient (Wildman–Crippen LogP) is 4.10. The Morgan fingerprint density at radius 3 is 2.58 bits per heavy atom. The van der Waals surface area contributed by atoms with Gasteiger partial charge in [0.15, 0.2) is 0 Å². The Morgan fingerprint density at radius 1 is 1.17 bits per heavy atom. The van der Waals surface area contributed by atoms with Crippen molar-refractivity contribution in [3.63, 3.8) is 0 Å². The third kappa shape index (κ3) is 6.33. The fraction of sp³-hybridized carbons (Fsp3) is 0.400. The molecule has 1 heterocycles. The summed E-state index contributed by atoms with van der Waals surface area (Å²) in [5.74, 6) is 6.52. The van der Waals surface area contributed by atoms with Crippen molar-refractivity contribution < 1.29 is 5.11 Å². The van der Waals surface area contributed by atoms with Gasteiger partial charge in [-0.3, -0.25) is 0 Å². The zero-order chi connectivity index (χ0) is 17.4. The third-order valence-corrected chi connectivity index (χ3v) is 5.68. The van der Waals surface area contributed by atoms with Crippen molar-refractivity contribution in [3.8, 4) is 11.8 Å². The first-order chi connectivity index (χ1) is 11.5. The van der Waals surface area contributed by atoms with Crippen molar-refractivity contribution in [3.05, 3.63) is 51.7 Å². The first kappa shape index (κ1) is 19.1. The number of rotatable bonds is 7. The van der Waals surface area contributed by atoms with Gasteiger partial charge in [-0.15, -0.1) is 23.1 Å². The summed E-state index contributed by atoms with van der Waals surface area (Å²) in [5.41, 5.74) is 6.80. The van der Waals surface area contributed by atoms with E-state index in [0.29, 0.717) is 0 Å². The van der Waals surface area contributed by atoms with Crippen molar-refractivity contribution in [1.29, 1.82) is 0 Å². The van der Waals surface area contributed by atoms with E-state index in [1.54, 1.807) is 23.1 Å². The van der Waals surface area contributed by atoms with E-state index >= 15 is 0 Å². The van der Waals surface area contributed by atoms with Gasteiger partial charge in [0, 0.05) is 21.7 Å². The van der Waals surface area contributed by atoms with Crippen molar-refractivity contribution in [2.24, 2.45) is 5.73 Å². The predicted molar refractivity (Wildman–Crippen MR) is 106 cm³/mol. The summed E-state index contributed by atoms with van der Waals surface area (Å²) in [6, 6.07) is 12.9. The second kappa shape index (κ2) is 9.29. The standard InChI is InChI=1S/C20H25NOS2/c1-20(21,15-22)14-13-19-12-11-18(24-19)6-4-3-5-16-7-9-17(23-2)10-8-16/h7-12,22H,3,5,13-15,21H2,1-2H3. The molecule has 0 aliphatic heterocycles. The molecule has 2 aromatic rings. The van der Waals surface area contributed by atoms with Crippen molar-refractivity contribution in [1.82, 2.24) is 0 Å². The van der Waals surface area contributed by atoms with Gasteiger partial charge >= 0.3 is 0 Å². The molecule has 128 valence electrons. The lowest BCUT2D eigenvalue weighted by Gasteiger charge is -2.20. The fourth-order valence-electron chi connectivity index (χ4n) is 2.22. The summed E-state index contributed by atoms with van der Waals surface area (Å²) < 4.78 is 0. The summed E-state index contributed by atoms with van der Waals surface area (Å²) >= 11 is 3.49. The topological polar surface area (TPSA) is 46.2 Å². The molecule has 1 unspecified atom stereocenters. The van der Waals surface area contributed by atoms with Crippen LogP contribution in [0.25, 0.3) is 0 Å². The van der Waals surface area contributed by atoms with Crippen molar-refractivity contribution >= 4 is 23.1 Å².